The topological polar surface area (TPSA) is 81.0 Å². The van der Waals surface area contributed by atoms with E-state index < -0.39 is 17.6 Å². The Labute approximate surface area is 222 Å². The molecule has 0 unspecified atom stereocenters. The van der Waals surface area contributed by atoms with Crippen molar-refractivity contribution in [2.45, 2.75) is 13.1 Å². The summed E-state index contributed by atoms with van der Waals surface area (Å²) in [7, 11) is 1.26. The monoisotopic (exact) mass is 535 g/mol. The van der Waals surface area contributed by atoms with Crippen LogP contribution in [0.4, 0.5) is 24.7 Å². The molecule has 2 aromatic heterocycles. The van der Waals surface area contributed by atoms with E-state index in [1.165, 1.54) is 13.2 Å². The fraction of sp³-hybridized carbons (Fsp3) is 0.250. The lowest BCUT2D eigenvalue weighted by Gasteiger charge is -2.27. The van der Waals surface area contributed by atoms with Gasteiger partial charge in [0.2, 0.25) is 0 Å². The Balaban J connectivity index is 1.41. The smallest absolute Gasteiger partial charge is 0.416 e. The molecule has 0 bridgehead atoms. The molecule has 2 aromatic carbocycles. The van der Waals surface area contributed by atoms with Gasteiger partial charge in [0.1, 0.15) is 17.3 Å². The number of benzene rings is 2. The highest BCUT2D eigenvalue weighted by molar-refractivity contribution is 6.05. The highest BCUT2D eigenvalue weighted by atomic mass is 19.4. The lowest BCUT2D eigenvalue weighted by atomic mass is 10.0. The second kappa shape index (κ2) is 10.7. The van der Waals surface area contributed by atoms with Crippen LogP contribution in [0, 0.1) is 18.8 Å². The van der Waals surface area contributed by atoms with Gasteiger partial charge in [0.25, 0.3) is 5.91 Å². The minimum atomic E-state index is -4.59. The quantitative estimate of drug-likeness (QED) is 0.386. The molecular weight excluding hydrogens is 511 g/mol. The van der Waals surface area contributed by atoms with Crippen LogP contribution < -0.4 is 15.0 Å². The molecule has 0 radical (unpaired) electrons. The number of hydrogen-bond acceptors (Lipinski definition) is 6. The molecular formula is C28H24F3N5O3. The second-order valence-electron chi connectivity index (χ2n) is 8.83. The van der Waals surface area contributed by atoms with Crippen molar-refractivity contribution in [2.75, 3.05) is 43.6 Å². The van der Waals surface area contributed by atoms with Gasteiger partial charge < -0.3 is 19.7 Å². The van der Waals surface area contributed by atoms with Crippen LogP contribution in [0.1, 0.15) is 32.7 Å². The highest BCUT2D eigenvalue weighted by Crippen LogP contribution is 2.34. The van der Waals surface area contributed by atoms with Crippen LogP contribution in [0.15, 0.2) is 54.7 Å². The number of imidazole rings is 1. The Morgan fingerprint density at radius 3 is 2.64 bits per heavy atom. The van der Waals surface area contributed by atoms with E-state index in [1.54, 1.807) is 35.8 Å². The molecule has 39 heavy (non-hydrogen) atoms. The number of alkyl halides is 3. The summed E-state index contributed by atoms with van der Waals surface area (Å²) in [5.74, 6) is 6.38. The molecule has 200 valence electrons. The number of carbonyl (C=O) groups is 1. The third kappa shape index (κ3) is 5.66. The van der Waals surface area contributed by atoms with Crippen LogP contribution in [0.25, 0.3) is 5.65 Å². The fourth-order valence-electron chi connectivity index (χ4n) is 4.21. The molecule has 1 aliphatic rings. The van der Waals surface area contributed by atoms with E-state index in [-0.39, 0.29) is 17.0 Å². The number of carbonyl (C=O) groups excluding carboxylic acids is 1. The molecule has 1 aliphatic heterocycles. The largest absolute Gasteiger partial charge is 0.497 e. The Morgan fingerprint density at radius 2 is 1.90 bits per heavy atom. The minimum absolute atomic E-state index is 0.0186. The van der Waals surface area contributed by atoms with E-state index in [4.69, 9.17) is 14.6 Å². The Kier molecular flexibility index (Phi) is 7.13. The number of rotatable bonds is 4. The molecule has 0 atom stereocenters. The van der Waals surface area contributed by atoms with Crippen LogP contribution in [-0.4, -0.2) is 53.9 Å². The van der Waals surface area contributed by atoms with Crippen molar-refractivity contribution in [3.8, 4) is 17.6 Å². The molecule has 0 saturated carbocycles. The highest BCUT2D eigenvalue weighted by Gasteiger charge is 2.31. The molecule has 11 heteroatoms. The molecule has 1 saturated heterocycles. The third-order valence-electron chi connectivity index (χ3n) is 6.31. The molecule has 0 spiro atoms. The maximum Gasteiger partial charge on any atom is 0.416 e. The van der Waals surface area contributed by atoms with Crippen molar-refractivity contribution in [1.29, 1.82) is 0 Å². The number of ether oxygens (including phenoxy) is 2. The molecule has 3 heterocycles. The van der Waals surface area contributed by atoms with Crippen molar-refractivity contribution < 1.29 is 27.4 Å². The maximum absolute atomic E-state index is 13.3. The normalized spacial score (nSPS) is 13.6. The molecule has 4 aromatic rings. The van der Waals surface area contributed by atoms with E-state index in [0.29, 0.717) is 35.7 Å². The first-order valence-corrected chi connectivity index (χ1v) is 12.1. The molecule has 5 rings (SSSR count). The lowest BCUT2D eigenvalue weighted by Crippen LogP contribution is -2.37. The van der Waals surface area contributed by atoms with Gasteiger partial charge in [0, 0.05) is 36.0 Å². The first kappa shape index (κ1) is 26.1. The summed E-state index contributed by atoms with van der Waals surface area (Å²) in [6.45, 7) is 4.50. The number of hydrogen-bond donors (Lipinski definition) is 1. The zero-order chi connectivity index (χ0) is 27.6. The standard InChI is InChI=1S/C28H24F3N5O3/c1-18-19(6-7-22-17-32-25-8-9-26(34-36(22)25)35-10-12-39-13-11-35)4-3-5-24(18)27(37)33-21-14-20(28(29,30)31)15-23(16-21)38-2/h3-5,8-9,14-17H,10-13H2,1-2H3,(H,33,37). The minimum Gasteiger partial charge on any atom is -0.497 e. The van der Waals surface area contributed by atoms with E-state index in [1.807, 2.05) is 12.1 Å². The van der Waals surface area contributed by atoms with E-state index in [0.717, 1.165) is 31.0 Å². The van der Waals surface area contributed by atoms with Crippen LogP contribution in [-0.2, 0) is 10.9 Å². The Bertz CT molecular complexity index is 1600. The summed E-state index contributed by atoms with van der Waals surface area (Å²) in [5, 5.41) is 7.23. The summed E-state index contributed by atoms with van der Waals surface area (Å²) < 4.78 is 51.9. The summed E-state index contributed by atoms with van der Waals surface area (Å²) in [6, 6.07) is 11.9. The van der Waals surface area contributed by atoms with Crippen molar-refractivity contribution in [3.05, 3.63) is 82.7 Å². The average Bonchev–Trinajstić information content (AvgIpc) is 3.34. The summed E-state index contributed by atoms with van der Waals surface area (Å²) in [6.07, 6.45) is -2.96. The number of amides is 1. The molecule has 1 fully saturated rings. The molecule has 1 amide bonds. The van der Waals surface area contributed by atoms with Crippen LogP contribution in [0.3, 0.4) is 0 Å². The van der Waals surface area contributed by atoms with Crippen LogP contribution >= 0.6 is 0 Å². The van der Waals surface area contributed by atoms with Crippen LogP contribution in [0.5, 0.6) is 5.75 Å². The van der Waals surface area contributed by atoms with Gasteiger partial charge in [-0.1, -0.05) is 12.0 Å². The van der Waals surface area contributed by atoms with E-state index in [9.17, 15) is 18.0 Å². The van der Waals surface area contributed by atoms with Crippen LogP contribution in [0.2, 0.25) is 0 Å². The Morgan fingerprint density at radius 1 is 1.10 bits per heavy atom. The van der Waals surface area contributed by atoms with Crippen molar-refractivity contribution in [2.24, 2.45) is 0 Å². The number of morpholine rings is 1. The lowest BCUT2D eigenvalue weighted by molar-refractivity contribution is -0.137. The van der Waals surface area contributed by atoms with Crippen molar-refractivity contribution in [3.63, 3.8) is 0 Å². The second-order valence-corrected chi connectivity index (χ2v) is 8.83. The predicted octanol–water partition coefficient (Wildman–Crippen LogP) is 4.55. The van der Waals surface area contributed by atoms with E-state index >= 15 is 0 Å². The number of nitrogens with one attached hydrogen (secondary N) is 1. The van der Waals surface area contributed by atoms with Gasteiger partial charge in [-0.05, 0) is 54.8 Å². The van der Waals surface area contributed by atoms with Gasteiger partial charge >= 0.3 is 6.18 Å². The summed E-state index contributed by atoms with van der Waals surface area (Å²) in [4.78, 5) is 19.5. The third-order valence-corrected chi connectivity index (χ3v) is 6.31. The first-order valence-electron chi connectivity index (χ1n) is 12.1. The molecule has 0 aliphatic carbocycles. The van der Waals surface area contributed by atoms with Gasteiger partial charge in [0.05, 0.1) is 32.1 Å². The Hall–Kier alpha value is -4.56. The molecule has 8 nitrogen and oxygen atoms in total. The number of fused-ring (bicyclic) bond motifs is 1. The zero-order valence-electron chi connectivity index (χ0n) is 21.2. The number of nitrogens with zero attached hydrogens (tertiary/aromatic N) is 4. The number of halogens is 3. The first-order chi connectivity index (χ1) is 18.7. The van der Waals surface area contributed by atoms with E-state index in [2.05, 4.69) is 27.0 Å². The van der Waals surface area contributed by atoms with Gasteiger partial charge in [0.15, 0.2) is 5.65 Å². The van der Waals surface area contributed by atoms with Crippen molar-refractivity contribution in [1.82, 2.24) is 14.6 Å². The SMILES string of the molecule is COc1cc(NC(=O)c2cccc(C#Cc3cnc4ccc(N5CCOCC5)nn34)c2C)cc(C(F)(F)F)c1. The number of aromatic nitrogens is 3. The zero-order valence-corrected chi connectivity index (χ0v) is 21.2. The summed E-state index contributed by atoms with van der Waals surface area (Å²) in [5.41, 5.74) is 1.72. The van der Waals surface area contributed by atoms with Gasteiger partial charge in [-0.15, -0.1) is 5.10 Å². The number of methoxy groups -OCH3 is 1. The molecule has 1 N–H and O–H groups in total. The van der Waals surface area contributed by atoms with Gasteiger partial charge in [-0.25, -0.2) is 9.50 Å². The number of anilines is 2. The predicted molar refractivity (Wildman–Crippen MR) is 139 cm³/mol. The average molecular weight is 536 g/mol. The van der Waals surface area contributed by atoms with Gasteiger partial charge in [-0.2, -0.15) is 13.2 Å². The van der Waals surface area contributed by atoms with Gasteiger partial charge in [-0.3, -0.25) is 4.79 Å². The maximum atomic E-state index is 13.3. The summed E-state index contributed by atoms with van der Waals surface area (Å²) >= 11 is 0. The van der Waals surface area contributed by atoms with Crippen molar-refractivity contribution >= 4 is 23.1 Å². The fourth-order valence-corrected chi connectivity index (χ4v) is 4.21.